The van der Waals surface area contributed by atoms with Crippen LogP contribution in [0.3, 0.4) is 0 Å². The molecule has 176 valence electrons. The topological polar surface area (TPSA) is 82.1 Å². The van der Waals surface area contributed by atoms with E-state index in [1.807, 2.05) is 29.9 Å². The molecule has 1 aromatic carbocycles. The van der Waals surface area contributed by atoms with Gasteiger partial charge < -0.3 is 14.2 Å². The van der Waals surface area contributed by atoms with Crippen LogP contribution in [0.25, 0.3) is 23.0 Å². The van der Waals surface area contributed by atoms with Crippen molar-refractivity contribution in [3.05, 3.63) is 59.9 Å². The normalized spacial score (nSPS) is 14.1. The quantitative estimate of drug-likeness (QED) is 0.398. The summed E-state index contributed by atoms with van der Waals surface area (Å²) in [4.78, 5) is 11.2. The van der Waals surface area contributed by atoms with Crippen LogP contribution >= 0.6 is 0 Å². The van der Waals surface area contributed by atoms with E-state index in [1.165, 1.54) is 37.1 Å². The molecular weight excluding hydrogens is 449 g/mol. The summed E-state index contributed by atoms with van der Waals surface area (Å²) < 4.78 is 48.0. The Kier molecular flexibility index (Phi) is 5.68. The summed E-state index contributed by atoms with van der Waals surface area (Å²) in [5.41, 5.74) is 2.93. The summed E-state index contributed by atoms with van der Waals surface area (Å²) in [6.07, 6.45) is -0.476. The molecule has 1 saturated heterocycles. The zero-order valence-corrected chi connectivity index (χ0v) is 18.3. The number of anilines is 1. The maximum absolute atomic E-state index is 12.3. The van der Waals surface area contributed by atoms with Gasteiger partial charge in [0.05, 0.1) is 6.54 Å². The molecule has 0 amide bonds. The van der Waals surface area contributed by atoms with Crippen LogP contribution in [0, 0.1) is 6.92 Å². The van der Waals surface area contributed by atoms with Gasteiger partial charge in [-0.1, -0.05) is 11.2 Å². The zero-order valence-electron chi connectivity index (χ0n) is 18.3. The lowest BCUT2D eigenvalue weighted by molar-refractivity contribution is -0.274. The van der Waals surface area contributed by atoms with Crippen molar-refractivity contribution >= 4 is 5.82 Å². The Bertz CT molecular complexity index is 1260. The summed E-state index contributed by atoms with van der Waals surface area (Å²) in [5, 5.41) is 8.50. The molecule has 4 heterocycles. The van der Waals surface area contributed by atoms with E-state index in [0.29, 0.717) is 17.8 Å². The number of aryl methyl sites for hydroxylation is 1. The van der Waals surface area contributed by atoms with Gasteiger partial charge in [-0.2, -0.15) is 10.1 Å². The minimum absolute atomic E-state index is 0.218. The van der Waals surface area contributed by atoms with Crippen LogP contribution in [-0.4, -0.2) is 44.4 Å². The number of hydrogen-bond donors (Lipinski definition) is 0. The van der Waals surface area contributed by atoms with Gasteiger partial charge in [0.15, 0.2) is 5.69 Å². The third-order valence-corrected chi connectivity index (χ3v) is 5.54. The maximum atomic E-state index is 12.3. The average Bonchev–Trinajstić information content (AvgIpc) is 3.56. The number of halogens is 3. The highest BCUT2D eigenvalue weighted by Gasteiger charge is 2.31. The molecule has 1 aliphatic rings. The van der Waals surface area contributed by atoms with Gasteiger partial charge in [0, 0.05) is 30.5 Å². The molecule has 0 N–H and O–H groups in total. The number of benzene rings is 1. The number of aromatic nitrogens is 5. The molecule has 0 spiro atoms. The molecule has 34 heavy (non-hydrogen) atoms. The summed E-state index contributed by atoms with van der Waals surface area (Å²) in [5.74, 6) is 1.13. The van der Waals surface area contributed by atoms with E-state index in [0.717, 1.165) is 30.2 Å². The molecule has 0 aliphatic carbocycles. The number of nitrogens with zero attached hydrogens (tertiary/aromatic N) is 6. The molecular formula is C23H21F3N6O2. The lowest BCUT2D eigenvalue weighted by Crippen LogP contribution is -2.18. The summed E-state index contributed by atoms with van der Waals surface area (Å²) >= 11 is 0. The van der Waals surface area contributed by atoms with Crippen molar-refractivity contribution < 1.29 is 22.4 Å². The highest BCUT2D eigenvalue weighted by molar-refractivity contribution is 5.59. The van der Waals surface area contributed by atoms with Gasteiger partial charge in [0.2, 0.25) is 5.82 Å². The van der Waals surface area contributed by atoms with E-state index in [1.54, 1.807) is 0 Å². The van der Waals surface area contributed by atoms with Gasteiger partial charge in [-0.3, -0.25) is 4.68 Å². The van der Waals surface area contributed by atoms with Crippen LogP contribution in [0.4, 0.5) is 19.0 Å². The minimum atomic E-state index is -4.75. The monoisotopic (exact) mass is 470 g/mol. The Morgan fingerprint density at radius 1 is 1.06 bits per heavy atom. The number of hydrogen-bond acceptors (Lipinski definition) is 7. The van der Waals surface area contributed by atoms with Gasteiger partial charge in [-0.25, -0.2) is 4.98 Å². The Morgan fingerprint density at radius 2 is 1.82 bits per heavy atom. The molecule has 1 aliphatic heterocycles. The van der Waals surface area contributed by atoms with E-state index in [4.69, 9.17) is 4.52 Å². The van der Waals surface area contributed by atoms with Gasteiger partial charge in [-0.15, -0.1) is 13.2 Å². The zero-order chi connectivity index (χ0) is 23.7. The molecule has 5 rings (SSSR count). The summed E-state index contributed by atoms with van der Waals surface area (Å²) in [6, 6.07) is 11.2. The average molecular weight is 470 g/mol. The third-order valence-electron chi connectivity index (χ3n) is 5.54. The first-order valence-electron chi connectivity index (χ1n) is 10.8. The Hall–Kier alpha value is -3.89. The largest absolute Gasteiger partial charge is 0.573 e. The summed E-state index contributed by atoms with van der Waals surface area (Å²) in [7, 11) is 0. The van der Waals surface area contributed by atoms with Crippen LogP contribution < -0.4 is 9.64 Å². The lowest BCUT2D eigenvalue weighted by Gasteiger charge is -2.16. The smallest absolute Gasteiger partial charge is 0.406 e. The highest BCUT2D eigenvalue weighted by atomic mass is 19.4. The number of alkyl halides is 3. The molecule has 0 bridgehead atoms. The Balaban J connectivity index is 1.29. The number of rotatable bonds is 6. The van der Waals surface area contributed by atoms with Gasteiger partial charge in [0.25, 0.3) is 5.89 Å². The molecule has 11 heteroatoms. The fourth-order valence-electron chi connectivity index (χ4n) is 3.84. The van der Waals surface area contributed by atoms with E-state index in [9.17, 15) is 13.2 Å². The SMILES string of the molecule is Cc1cc(-c2nc(-c3ccc(OC(F)(F)F)cc3)no2)nn1Cc1ccc(N2CCCC2)nc1. The molecule has 0 unspecified atom stereocenters. The van der Waals surface area contributed by atoms with Crippen LogP contribution in [0.5, 0.6) is 5.75 Å². The Morgan fingerprint density at radius 3 is 2.50 bits per heavy atom. The molecule has 4 aromatic rings. The van der Waals surface area contributed by atoms with Crippen LogP contribution in [0.15, 0.2) is 53.2 Å². The van der Waals surface area contributed by atoms with Crippen molar-refractivity contribution in [3.63, 3.8) is 0 Å². The van der Waals surface area contributed by atoms with E-state index < -0.39 is 6.36 Å². The van der Waals surface area contributed by atoms with Crippen molar-refractivity contribution in [2.45, 2.75) is 32.7 Å². The number of ether oxygens (including phenoxy) is 1. The molecule has 0 atom stereocenters. The third kappa shape index (κ3) is 4.87. The first-order chi connectivity index (χ1) is 16.3. The predicted molar refractivity (Wildman–Crippen MR) is 117 cm³/mol. The fraction of sp³-hybridized carbons (Fsp3) is 0.304. The van der Waals surface area contributed by atoms with Gasteiger partial charge in [-0.05, 0) is 61.7 Å². The van der Waals surface area contributed by atoms with Crippen LogP contribution in [0.1, 0.15) is 24.1 Å². The lowest BCUT2D eigenvalue weighted by atomic mass is 10.2. The van der Waals surface area contributed by atoms with E-state index in [-0.39, 0.29) is 17.5 Å². The molecule has 8 nitrogen and oxygen atoms in total. The molecule has 0 radical (unpaired) electrons. The van der Waals surface area contributed by atoms with E-state index >= 15 is 0 Å². The van der Waals surface area contributed by atoms with Crippen LogP contribution in [0.2, 0.25) is 0 Å². The van der Waals surface area contributed by atoms with Crippen molar-refractivity contribution in [3.8, 4) is 28.7 Å². The first kappa shape index (κ1) is 21.9. The Labute approximate surface area is 193 Å². The number of pyridine rings is 1. The molecule has 1 fully saturated rings. The van der Waals surface area contributed by atoms with Gasteiger partial charge >= 0.3 is 6.36 Å². The fourth-order valence-corrected chi connectivity index (χ4v) is 3.84. The van der Waals surface area contributed by atoms with E-state index in [2.05, 4.69) is 35.9 Å². The molecule has 3 aromatic heterocycles. The minimum Gasteiger partial charge on any atom is -0.406 e. The standard InChI is InChI=1S/C23H21F3N6O2/c1-15-12-19(29-32(15)14-16-4-9-20(27-13-16)31-10-2-3-11-31)22-28-21(30-34-22)17-5-7-18(8-6-17)33-23(24,25)26/h4-9,12-13H,2-3,10-11,14H2,1H3. The van der Waals surface area contributed by atoms with Crippen molar-refractivity contribution in [2.75, 3.05) is 18.0 Å². The summed E-state index contributed by atoms with van der Waals surface area (Å²) in [6.45, 7) is 4.57. The van der Waals surface area contributed by atoms with Gasteiger partial charge in [0.1, 0.15) is 11.6 Å². The van der Waals surface area contributed by atoms with Crippen LogP contribution in [-0.2, 0) is 6.54 Å². The van der Waals surface area contributed by atoms with Crippen molar-refractivity contribution in [1.82, 2.24) is 24.9 Å². The molecule has 0 saturated carbocycles. The van der Waals surface area contributed by atoms with Crippen molar-refractivity contribution in [1.29, 1.82) is 0 Å². The predicted octanol–water partition coefficient (Wildman–Crippen LogP) is 4.85. The highest BCUT2D eigenvalue weighted by Crippen LogP contribution is 2.27. The second-order valence-corrected chi connectivity index (χ2v) is 8.04. The second kappa shape index (κ2) is 8.81. The first-order valence-corrected chi connectivity index (χ1v) is 10.8. The maximum Gasteiger partial charge on any atom is 0.573 e. The van der Waals surface area contributed by atoms with Crippen molar-refractivity contribution in [2.24, 2.45) is 0 Å². The second-order valence-electron chi connectivity index (χ2n) is 8.04.